The lowest BCUT2D eigenvalue weighted by Crippen LogP contribution is -2.49. The van der Waals surface area contributed by atoms with E-state index in [2.05, 4.69) is 15.9 Å². The van der Waals surface area contributed by atoms with Gasteiger partial charge in [0, 0.05) is 11.5 Å². The van der Waals surface area contributed by atoms with Gasteiger partial charge in [0.25, 0.3) is 0 Å². The predicted molar refractivity (Wildman–Crippen MR) is 67.6 cm³/mol. The molecule has 0 aliphatic carbocycles. The lowest BCUT2D eigenvalue weighted by molar-refractivity contribution is -0.155. The van der Waals surface area contributed by atoms with Crippen LogP contribution in [0.5, 0.6) is 0 Å². The maximum atomic E-state index is 11.5. The molecule has 1 atom stereocenters. The average Bonchev–Trinajstić information content (AvgIpc) is 2.30. The van der Waals surface area contributed by atoms with E-state index in [1.165, 1.54) is 11.9 Å². The Bertz CT molecular complexity index is 436. The van der Waals surface area contributed by atoms with Crippen molar-refractivity contribution in [2.45, 2.75) is 18.9 Å². The highest BCUT2D eigenvalue weighted by atomic mass is 79.9. The van der Waals surface area contributed by atoms with Crippen LogP contribution in [0.25, 0.3) is 0 Å². The first-order valence-corrected chi connectivity index (χ1v) is 5.96. The molecule has 1 unspecified atom stereocenters. The summed E-state index contributed by atoms with van der Waals surface area (Å²) in [6.45, 7) is 1.75. The van der Waals surface area contributed by atoms with Gasteiger partial charge in [-0.15, -0.1) is 0 Å². The second kappa shape index (κ2) is 5.31. The number of hydrogen-bond acceptors (Lipinski definition) is 2. The number of amides is 1. The third-order valence-electron chi connectivity index (χ3n) is 2.93. The SMILES string of the molecule is CCC(C(=O)O)(c1cccc(Br)c1)N(C)C=O. The Balaban J connectivity index is 3.42. The zero-order valence-corrected chi connectivity index (χ0v) is 11.3. The van der Waals surface area contributed by atoms with E-state index < -0.39 is 11.5 Å². The minimum absolute atomic E-state index is 0.300. The van der Waals surface area contributed by atoms with Gasteiger partial charge in [0.2, 0.25) is 6.41 Å². The number of carboxylic acids is 1. The van der Waals surface area contributed by atoms with Gasteiger partial charge in [-0.2, -0.15) is 0 Å². The molecule has 0 bridgehead atoms. The summed E-state index contributed by atoms with van der Waals surface area (Å²) in [5.74, 6) is -1.03. The fourth-order valence-corrected chi connectivity index (χ4v) is 2.32. The van der Waals surface area contributed by atoms with E-state index in [0.29, 0.717) is 18.4 Å². The van der Waals surface area contributed by atoms with Crippen molar-refractivity contribution in [3.63, 3.8) is 0 Å². The number of benzene rings is 1. The molecular weight excluding hydrogens is 286 g/mol. The molecule has 5 heteroatoms. The van der Waals surface area contributed by atoms with Gasteiger partial charge in [-0.1, -0.05) is 35.0 Å². The molecule has 1 N–H and O–H groups in total. The van der Waals surface area contributed by atoms with E-state index in [-0.39, 0.29) is 0 Å². The van der Waals surface area contributed by atoms with E-state index in [0.717, 1.165) is 4.47 Å². The van der Waals surface area contributed by atoms with Crippen molar-refractivity contribution >= 4 is 28.3 Å². The molecule has 0 radical (unpaired) electrons. The Kier molecular flexibility index (Phi) is 4.28. The molecule has 92 valence electrons. The molecule has 1 aromatic rings. The van der Waals surface area contributed by atoms with Crippen LogP contribution in [0.2, 0.25) is 0 Å². The van der Waals surface area contributed by atoms with Crippen molar-refractivity contribution in [3.8, 4) is 0 Å². The van der Waals surface area contributed by atoms with Crippen LogP contribution in [0.4, 0.5) is 0 Å². The summed E-state index contributed by atoms with van der Waals surface area (Å²) in [6, 6.07) is 7.00. The smallest absolute Gasteiger partial charge is 0.334 e. The number of hydrogen-bond donors (Lipinski definition) is 1. The van der Waals surface area contributed by atoms with Crippen LogP contribution in [-0.4, -0.2) is 29.4 Å². The lowest BCUT2D eigenvalue weighted by atomic mass is 9.86. The fraction of sp³-hybridized carbons (Fsp3) is 0.333. The number of likely N-dealkylation sites (N-methyl/N-ethyl adjacent to an activating group) is 1. The molecule has 4 nitrogen and oxygen atoms in total. The maximum Gasteiger partial charge on any atom is 0.334 e. The van der Waals surface area contributed by atoms with Crippen molar-refractivity contribution < 1.29 is 14.7 Å². The van der Waals surface area contributed by atoms with Crippen LogP contribution in [0, 0.1) is 0 Å². The molecule has 0 spiro atoms. The predicted octanol–water partition coefficient (Wildman–Crippen LogP) is 2.23. The van der Waals surface area contributed by atoms with Crippen LogP contribution in [0.3, 0.4) is 0 Å². The summed E-state index contributed by atoms with van der Waals surface area (Å²) in [6.07, 6.45) is 0.840. The number of halogens is 1. The van der Waals surface area contributed by atoms with Crippen molar-refractivity contribution in [2.75, 3.05) is 7.05 Å². The summed E-state index contributed by atoms with van der Waals surface area (Å²) in [7, 11) is 1.48. The van der Waals surface area contributed by atoms with E-state index >= 15 is 0 Å². The maximum absolute atomic E-state index is 11.5. The molecule has 17 heavy (non-hydrogen) atoms. The van der Waals surface area contributed by atoms with E-state index in [1.807, 2.05) is 6.07 Å². The van der Waals surface area contributed by atoms with E-state index in [1.54, 1.807) is 25.1 Å². The Morgan fingerprint density at radius 3 is 2.65 bits per heavy atom. The first-order chi connectivity index (χ1) is 7.98. The van der Waals surface area contributed by atoms with E-state index in [4.69, 9.17) is 0 Å². The number of carbonyl (C=O) groups is 2. The van der Waals surface area contributed by atoms with Gasteiger partial charge in [-0.05, 0) is 24.1 Å². The molecule has 0 heterocycles. The molecule has 0 saturated heterocycles. The highest BCUT2D eigenvalue weighted by Gasteiger charge is 2.42. The van der Waals surface area contributed by atoms with Crippen LogP contribution in [0.15, 0.2) is 28.7 Å². The molecule has 0 aliphatic rings. The minimum Gasteiger partial charge on any atom is -0.479 e. The number of carboxylic acid groups (broad SMARTS) is 1. The van der Waals surface area contributed by atoms with E-state index in [9.17, 15) is 14.7 Å². The first kappa shape index (κ1) is 13.7. The van der Waals surface area contributed by atoms with Crippen LogP contribution < -0.4 is 0 Å². The van der Waals surface area contributed by atoms with Crippen molar-refractivity contribution in [1.82, 2.24) is 4.90 Å². The van der Waals surface area contributed by atoms with Gasteiger partial charge >= 0.3 is 5.97 Å². The number of rotatable bonds is 5. The molecule has 1 rings (SSSR count). The molecule has 1 aromatic carbocycles. The largest absolute Gasteiger partial charge is 0.479 e. The molecular formula is C12H14BrNO3. The van der Waals surface area contributed by atoms with Gasteiger partial charge < -0.3 is 10.0 Å². The first-order valence-electron chi connectivity index (χ1n) is 5.16. The van der Waals surface area contributed by atoms with Gasteiger partial charge in [0.1, 0.15) is 0 Å². The number of aliphatic carboxylic acids is 1. The monoisotopic (exact) mass is 299 g/mol. The van der Waals surface area contributed by atoms with Crippen LogP contribution in [0.1, 0.15) is 18.9 Å². The van der Waals surface area contributed by atoms with Gasteiger partial charge in [-0.25, -0.2) is 4.79 Å². The number of carbonyl (C=O) groups excluding carboxylic acids is 1. The molecule has 0 aliphatic heterocycles. The minimum atomic E-state index is -1.31. The molecule has 0 fully saturated rings. The quantitative estimate of drug-likeness (QED) is 0.848. The van der Waals surface area contributed by atoms with Gasteiger partial charge in [0.05, 0.1) is 0 Å². The highest BCUT2D eigenvalue weighted by Crippen LogP contribution is 2.32. The van der Waals surface area contributed by atoms with Crippen LogP contribution in [-0.2, 0) is 15.1 Å². The van der Waals surface area contributed by atoms with Crippen molar-refractivity contribution in [3.05, 3.63) is 34.3 Å². The zero-order chi connectivity index (χ0) is 13.1. The van der Waals surface area contributed by atoms with Gasteiger partial charge in [-0.3, -0.25) is 4.79 Å². The standard InChI is InChI=1S/C12H14BrNO3/c1-3-12(11(16)17,14(2)8-15)9-5-4-6-10(13)7-9/h4-8H,3H2,1-2H3,(H,16,17). The molecule has 0 aromatic heterocycles. The highest BCUT2D eigenvalue weighted by molar-refractivity contribution is 9.10. The molecule has 0 saturated carbocycles. The third kappa shape index (κ3) is 2.34. The fourth-order valence-electron chi connectivity index (χ4n) is 1.92. The summed E-state index contributed by atoms with van der Waals surface area (Å²) < 4.78 is 0.786. The van der Waals surface area contributed by atoms with Crippen molar-refractivity contribution in [1.29, 1.82) is 0 Å². The summed E-state index contributed by atoms with van der Waals surface area (Å²) >= 11 is 3.30. The summed E-state index contributed by atoms with van der Waals surface area (Å²) in [5.41, 5.74) is -0.734. The Morgan fingerprint density at radius 2 is 2.24 bits per heavy atom. The van der Waals surface area contributed by atoms with Crippen LogP contribution >= 0.6 is 15.9 Å². The second-order valence-corrected chi connectivity index (χ2v) is 4.66. The average molecular weight is 300 g/mol. The normalized spacial score (nSPS) is 13.8. The number of nitrogens with zero attached hydrogens (tertiary/aromatic N) is 1. The Labute approximate surface area is 108 Å². The van der Waals surface area contributed by atoms with Gasteiger partial charge in [0.15, 0.2) is 5.54 Å². The summed E-state index contributed by atoms with van der Waals surface area (Å²) in [4.78, 5) is 23.7. The lowest BCUT2D eigenvalue weighted by Gasteiger charge is -2.35. The second-order valence-electron chi connectivity index (χ2n) is 3.75. The third-order valence-corrected chi connectivity index (χ3v) is 3.42. The Morgan fingerprint density at radius 1 is 1.59 bits per heavy atom. The van der Waals surface area contributed by atoms with Crippen molar-refractivity contribution in [2.24, 2.45) is 0 Å². The summed E-state index contributed by atoms with van der Waals surface area (Å²) in [5, 5.41) is 9.45. The molecule has 1 amide bonds. The Hall–Kier alpha value is -1.36. The zero-order valence-electron chi connectivity index (χ0n) is 9.68. The topological polar surface area (TPSA) is 57.6 Å².